The highest BCUT2D eigenvalue weighted by atomic mass is 32.2. The predicted molar refractivity (Wildman–Crippen MR) is 90.7 cm³/mol. The van der Waals surface area contributed by atoms with Crippen LogP contribution in [0.1, 0.15) is 18.4 Å². The number of benzene rings is 1. The number of amides is 2. The largest absolute Gasteiger partial charge is 0.378 e. The molecule has 1 atom stereocenters. The topological polar surface area (TPSA) is 96.0 Å². The van der Waals surface area contributed by atoms with Crippen molar-refractivity contribution in [2.75, 3.05) is 45.2 Å². The van der Waals surface area contributed by atoms with Gasteiger partial charge in [-0.25, -0.2) is 8.42 Å². The van der Waals surface area contributed by atoms with Crippen LogP contribution >= 0.6 is 0 Å². The number of ether oxygens (including phenoxy) is 1. The lowest BCUT2D eigenvalue weighted by Gasteiger charge is -2.28. The van der Waals surface area contributed by atoms with Gasteiger partial charge in [-0.05, 0) is 30.7 Å². The normalized spacial score (nSPS) is 20.5. The Hall–Kier alpha value is -1.97. The van der Waals surface area contributed by atoms with E-state index in [4.69, 9.17) is 4.74 Å². The molecule has 2 amide bonds. The lowest BCUT2D eigenvalue weighted by atomic mass is 10.0. The van der Waals surface area contributed by atoms with Gasteiger partial charge in [0, 0.05) is 25.8 Å². The van der Waals surface area contributed by atoms with Gasteiger partial charge in [0.05, 0.1) is 30.6 Å². The summed E-state index contributed by atoms with van der Waals surface area (Å²) in [6.07, 6.45) is 0. The van der Waals surface area contributed by atoms with Crippen molar-refractivity contribution in [3.63, 3.8) is 0 Å². The van der Waals surface area contributed by atoms with Gasteiger partial charge in [-0.2, -0.15) is 4.31 Å². The van der Waals surface area contributed by atoms with E-state index >= 15 is 0 Å². The lowest BCUT2D eigenvalue weighted by molar-refractivity contribution is -0.135. The summed E-state index contributed by atoms with van der Waals surface area (Å²) < 4.78 is 31.8. The molecule has 0 aromatic heterocycles. The summed E-state index contributed by atoms with van der Waals surface area (Å²) in [5.74, 6) is -0.799. The minimum atomic E-state index is -3.82. The van der Waals surface area contributed by atoms with Gasteiger partial charge in [0.15, 0.2) is 0 Å². The monoisotopic (exact) mass is 367 g/mol. The maximum Gasteiger partial charge on any atom is 0.243 e. The zero-order valence-corrected chi connectivity index (χ0v) is 15.0. The summed E-state index contributed by atoms with van der Waals surface area (Å²) in [5.41, 5.74) is 1.28. The first kappa shape index (κ1) is 17.8. The van der Waals surface area contributed by atoms with Crippen molar-refractivity contribution in [3.05, 3.63) is 23.8 Å². The average molecular weight is 367 g/mol. The van der Waals surface area contributed by atoms with Crippen LogP contribution in [0.3, 0.4) is 0 Å². The lowest BCUT2D eigenvalue weighted by Crippen LogP contribution is -2.46. The first-order chi connectivity index (χ1) is 11.8. The highest BCUT2D eigenvalue weighted by Crippen LogP contribution is 2.34. The molecule has 0 spiro atoms. The van der Waals surface area contributed by atoms with Crippen LogP contribution in [-0.2, 0) is 24.3 Å². The molecular weight excluding hydrogens is 346 g/mol. The van der Waals surface area contributed by atoms with E-state index in [2.05, 4.69) is 5.32 Å². The Morgan fingerprint density at radius 3 is 2.72 bits per heavy atom. The van der Waals surface area contributed by atoms with E-state index in [1.54, 1.807) is 17.9 Å². The van der Waals surface area contributed by atoms with Crippen LogP contribution < -0.4 is 5.32 Å². The number of likely N-dealkylation sites (N-methyl/N-ethyl adjacent to an activating group) is 1. The summed E-state index contributed by atoms with van der Waals surface area (Å²) in [4.78, 5) is 25.7. The van der Waals surface area contributed by atoms with Crippen molar-refractivity contribution < 1.29 is 22.7 Å². The second kappa shape index (κ2) is 6.74. The Balaban J connectivity index is 1.77. The number of nitrogens with one attached hydrogen (secondary N) is 1. The molecule has 0 aliphatic carbocycles. The number of carbonyl (C=O) groups excluding carboxylic acids is 2. The molecule has 1 saturated heterocycles. The minimum Gasteiger partial charge on any atom is -0.378 e. The predicted octanol–water partition coefficient (Wildman–Crippen LogP) is 0.222. The van der Waals surface area contributed by atoms with Crippen LogP contribution in [0.4, 0.5) is 5.69 Å². The quantitative estimate of drug-likeness (QED) is 0.821. The summed E-state index contributed by atoms with van der Waals surface area (Å²) in [6, 6.07) is 4.53. The van der Waals surface area contributed by atoms with Crippen LogP contribution in [0.25, 0.3) is 0 Å². The van der Waals surface area contributed by atoms with E-state index in [1.165, 1.54) is 19.2 Å². The number of hydrogen-bond donors (Lipinski definition) is 1. The van der Waals surface area contributed by atoms with Crippen LogP contribution in [0.5, 0.6) is 0 Å². The molecule has 25 heavy (non-hydrogen) atoms. The Bertz CT molecular complexity index is 802. The van der Waals surface area contributed by atoms with Crippen LogP contribution in [0.2, 0.25) is 0 Å². The SMILES string of the molecule is C[C@H]1C(=O)Nc2ccc(S(=O)(=O)N(C)CC(=O)N3CCOCC3)cc21. The third-order valence-corrected chi connectivity index (χ3v) is 6.37. The zero-order chi connectivity index (χ0) is 18.2. The smallest absolute Gasteiger partial charge is 0.243 e. The number of nitrogens with zero attached hydrogens (tertiary/aromatic N) is 2. The first-order valence-corrected chi connectivity index (χ1v) is 9.51. The van der Waals surface area contributed by atoms with Gasteiger partial charge in [0.1, 0.15) is 0 Å². The maximum atomic E-state index is 12.8. The minimum absolute atomic E-state index is 0.0758. The molecule has 2 heterocycles. The fourth-order valence-electron chi connectivity index (χ4n) is 2.92. The van der Waals surface area contributed by atoms with Crippen molar-refractivity contribution in [2.24, 2.45) is 0 Å². The van der Waals surface area contributed by atoms with Gasteiger partial charge in [-0.3, -0.25) is 9.59 Å². The van der Waals surface area contributed by atoms with E-state index in [1.807, 2.05) is 0 Å². The number of morpholine rings is 1. The van der Waals surface area contributed by atoms with E-state index in [0.717, 1.165) is 4.31 Å². The second-order valence-corrected chi connectivity index (χ2v) is 8.26. The number of sulfonamides is 1. The Morgan fingerprint density at radius 1 is 1.36 bits per heavy atom. The van der Waals surface area contributed by atoms with Gasteiger partial charge in [0.2, 0.25) is 21.8 Å². The molecule has 1 N–H and O–H groups in total. The number of hydrogen-bond acceptors (Lipinski definition) is 5. The summed E-state index contributed by atoms with van der Waals surface area (Å²) in [7, 11) is -2.44. The van der Waals surface area contributed by atoms with Gasteiger partial charge < -0.3 is 15.0 Å². The highest BCUT2D eigenvalue weighted by molar-refractivity contribution is 7.89. The standard InChI is InChI=1S/C16H21N3O5S/c1-11-13-9-12(3-4-14(13)17-16(11)21)25(22,23)18(2)10-15(20)19-5-7-24-8-6-19/h3-4,9,11H,5-8,10H2,1-2H3,(H,17,21)/t11-/m1/s1. The van der Waals surface area contributed by atoms with Gasteiger partial charge >= 0.3 is 0 Å². The molecule has 2 aliphatic rings. The van der Waals surface area contributed by atoms with Gasteiger partial charge in [-0.1, -0.05) is 0 Å². The molecule has 0 saturated carbocycles. The van der Waals surface area contributed by atoms with Crippen molar-refractivity contribution in [1.29, 1.82) is 0 Å². The van der Waals surface area contributed by atoms with Crippen molar-refractivity contribution in [2.45, 2.75) is 17.7 Å². The van der Waals surface area contributed by atoms with E-state index < -0.39 is 15.9 Å². The van der Waals surface area contributed by atoms with Gasteiger partial charge in [-0.15, -0.1) is 0 Å². The molecule has 3 rings (SSSR count). The molecular formula is C16H21N3O5S. The van der Waals surface area contributed by atoms with Gasteiger partial charge in [0.25, 0.3) is 0 Å². The average Bonchev–Trinajstić information content (AvgIpc) is 2.89. The number of anilines is 1. The molecule has 1 aromatic carbocycles. The fourth-order valence-corrected chi connectivity index (χ4v) is 4.08. The second-order valence-electron chi connectivity index (χ2n) is 6.21. The Kier molecular flexibility index (Phi) is 4.81. The van der Waals surface area contributed by atoms with Crippen LogP contribution in [0, 0.1) is 0 Å². The third kappa shape index (κ3) is 3.39. The molecule has 1 aromatic rings. The molecule has 0 bridgehead atoms. The molecule has 9 heteroatoms. The summed E-state index contributed by atoms with van der Waals surface area (Å²) >= 11 is 0. The van der Waals surface area contributed by atoms with E-state index in [0.29, 0.717) is 37.6 Å². The summed E-state index contributed by atoms with van der Waals surface area (Å²) in [5, 5.41) is 2.71. The Morgan fingerprint density at radius 2 is 2.04 bits per heavy atom. The highest BCUT2D eigenvalue weighted by Gasteiger charge is 2.31. The fraction of sp³-hybridized carbons (Fsp3) is 0.500. The van der Waals surface area contributed by atoms with E-state index in [-0.39, 0.29) is 23.3 Å². The zero-order valence-electron chi connectivity index (χ0n) is 14.2. The number of carbonyl (C=O) groups is 2. The molecule has 2 aliphatic heterocycles. The van der Waals surface area contributed by atoms with Crippen molar-refractivity contribution >= 4 is 27.5 Å². The molecule has 8 nitrogen and oxygen atoms in total. The summed E-state index contributed by atoms with van der Waals surface area (Å²) in [6.45, 7) is 3.36. The van der Waals surface area contributed by atoms with E-state index in [9.17, 15) is 18.0 Å². The van der Waals surface area contributed by atoms with Crippen molar-refractivity contribution in [3.8, 4) is 0 Å². The molecule has 0 unspecified atom stereocenters. The van der Waals surface area contributed by atoms with Crippen LogP contribution in [-0.4, -0.2) is 69.3 Å². The molecule has 1 fully saturated rings. The molecule has 0 radical (unpaired) electrons. The number of fused-ring (bicyclic) bond motifs is 1. The van der Waals surface area contributed by atoms with Crippen molar-refractivity contribution in [1.82, 2.24) is 9.21 Å². The first-order valence-electron chi connectivity index (χ1n) is 8.07. The maximum absolute atomic E-state index is 12.8. The Labute approximate surface area is 146 Å². The third-order valence-electron chi connectivity index (χ3n) is 4.57. The molecule has 136 valence electrons. The van der Waals surface area contributed by atoms with Crippen LogP contribution in [0.15, 0.2) is 23.1 Å². The number of rotatable bonds is 4.